The molecule has 0 spiro atoms. The van der Waals surface area contributed by atoms with Crippen LogP contribution in [0.25, 0.3) is 0 Å². The first-order chi connectivity index (χ1) is 13.5. The molecule has 1 N–H and O–H groups in total. The summed E-state index contributed by atoms with van der Waals surface area (Å²) in [4.78, 5) is 23.1. The summed E-state index contributed by atoms with van der Waals surface area (Å²) in [5.74, 6) is 0.873. The van der Waals surface area contributed by atoms with E-state index in [0.29, 0.717) is 22.3 Å². The lowest BCUT2D eigenvalue weighted by Crippen LogP contribution is -2.29. The number of rotatable bonds is 3. The van der Waals surface area contributed by atoms with E-state index in [2.05, 4.69) is 4.99 Å². The van der Waals surface area contributed by atoms with Gasteiger partial charge >= 0.3 is 0 Å². The molecule has 0 aliphatic carbocycles. The number of hydrogen-bond donors (Lipinski definition) is 1. The van der Waals surface area contributed by atoms with Crippen molar-refractivity contribution in [3.8, 4) is 11.5 Å². The third-order valence-electron chi connectivity index (χ3n) is 4.47. The number of methoxy groups -OCH3 is 1. The molecule has 4 rings (SSSR count). The van der Waals surface area contributed by atoms with E-state index in [1.807, 2.05) is 37.1 Å². The van der Waals surface area contributed by atoms with Crippen LogP contribution in [0.4, 0.5) is 11.4 Å². The minimum Gasteiger partial charge on any atom is -0.508 e. The van der Waals surface area contributed by atoms with Crippen LogP contribution in [0.2, 0.25) is 0 Å². The molecule has 0 radical (unpaired) electrons. The number of fused-ring (bicyclic) bond motifs is 1. The number of nitrogens with zero attached hydrogens (tertiary/aromatic N) is 3. The Hall–Kier alpha value is -2.58. The molecular weight excluding hydrogens is 394 g/mol. The quantitative estimate of drug-likeness (QED) is 0.753. The van der Waals surface area contributed by atoms with Crippen molar-refractivity contribution in [3.63, 3.8) is 0 Å². The number of aliphatic imine (C=N–C) groups is 1. The summed E-state index contributed by atoms with van der Waals surface area (Å²) >= 11 is 2.94. The number of amides is 1. The number of aromatic hydroxyl groups is 1. The SMILES string of the molecule is CCN1C(=O)C(=C2Sc3ccc(OC)cc3N2C)SC1=Nc1cccc(O)c1. The number of hydrogen-bond acceptors (Lipinski definition) is 7. The van der Waals surface area contributed by atoms with E-state index < -0.39 is 0 Å². The minimum atomic E-state index is -0.0551. The van der Waals surface area contributed by atoms with E-state index >= 15 is 0 Å². The third kappa shape index (κ3) is 3.22. The number of carbonyl (C=O) groups is 1. The van der Waals surface area contributed by atoms with Gasteiger partial charge in [-0.05, 0) is 43.0 Å². The van der Waals surface area contributed by atoms with E-state index in [0.717, 1.165) is 21.4 Å². The summed E-state index contributed by atoms with van der Waals surface area (Å²) in [5.41, 5.74) is 1.63. The van der Waals surface area contributed by atoms with Gasteiger partial charge in [-0.2, -0.15) is 0 Å². The van der Waals surface area contributed by atoms with Crippen LogP contribution in [-0.2, 0) is 4.79 Å². The zero-order valence-corrected chi connectivity index (χ0v) is 17.3. The van der Waals surface area contributed by atoms with Gasteiger partial charge in [-0.3, -0.25) is 9.69 Å². The first-order valence-corrected chi connectivity index (χ1v) is 10.4. The molecule has 1 fully saturated rings. The Balaban J connectivity index is 1.72. The maximum atomic E-state index is 13.1. The Morgan fingerprint density at radius 3 is 2.71 bits per heavy atom. The Kier molecular flexibility index (Phi) is 4.99. The number of benzene rings is 2. The van der Waals surface area contributed by atoms with Crippen molar-refractivity contribution < 1.29 is 14.6 Å². The van der Waals surface area contributed by atoms with E-state index in [1.165, 1.54) is 11.8 Å². The van der Waals surface area contributed by atoms with E-state index in [1.54, 1.807) is 48.0 Å². The number of thioether (sulfide) groups is 2. The minimum absolute atomic E-state index is 0.0551. The highest BCUT2D eigenvalue weighted by Crippen LogP contribution is 2.51. The van der Waals surface area contributed by atoms with E-state index in [4.69, 9.17) is 4.74 Å². The summed E-state index contributed by atoms with van der Waals surface area (Å²) < 4.78 is 5.33. The van der Waals surface area contributed by atoms with Gasteiger partial charge in [0.2, 0.25) is 0 Å². The molecule has 28 heavy (non-hydrogen) atoms. The van der Waals surface area contributed by atoms with Crippen molar-refractivity contribution in [2.75, 3.05) is 25.6 Å². The monoisotopic (exact) mass is 413 g/mol. The molecule has 0 saturated carbocycles. The molecular formula is C20H19N3O3S2. The van der Waals surface area contributed by atoms with Crippen LogP contribution >= 0.6 is 23.5 Å². The highest BCUT2D eigenvalue weighted by Gasteiger charge is 2.38. The summed E-state index contributed by atoms with van der Waals surface area (Å²) in [5, 5.41) is 11.2. The van der Waals surface area contributed by atoms with Crippen molar-refractivity contribution in [1.82, 2.24) is 4.90 Å². The number of anilines is 1. The first kappa shape index (κ1) is 18.8. The fourth-order valence-electron chi connectivity index (χ4n) is 3.02. The fraction of sp³-hybridized carbons (Fsp3) is 0.200. The second-order valence-corrected chi connectivity index (χ2v) is 8.20. The van der Waals surface area contributed by atoms with Gasteiger partial charge < -0.3 is 14.7 Å². The van der Waals surface area contributed by atoms with Crippen LogP contribution in [0.3, 0.4) is 0 Å². The Bertz CT molecular complexity index is 1020. The van der Waals surface area contributed by atoms with Crippen molar-refractivity contribution in [2.45, 2.75) is 11.8 Å². The van der Waals surface area contributed by atoms with Gasteiger partial charge in [0.25, 0.3) is 5.91 Å². The number of phenols is 1. The second-order valence-electron chi connectivity index (χ2n) is 6.19. The molecule has 1 amide bonds. The standard InChI is InChI=1S/C20H19N3O3S2/c1-4-23-18(25)17(28-20(23)21-12-6-5-7-13(24)10-12)19-22(2)15-11-14(26-3)8-9-16(15)27-19/h5-11,24H,4H2,1-3H3. The average molecular weight is 414 g/mol. The molecule has 0 unspecified atom stereocenters. The summed E-state index contributed by atoms with van der Waals surface area (Å²) in [6, 6.07) is 12.6. The van der Waals surface area contributed by atoms with Crippen LogP contribution < -0.4 is 9.64 Å². The van der Waals surface area contributed by atoms with Crippen molar-refractivity contribution in [1.29, 1.82) is 0 Å². The lowest BCUT2D eigenvalue weighted by Gasteiger charge is -2.15. The van der Waals surface area contributed by atoms with Crippen LogP contribution in [0.5, 0.6) is 11.5 Å². The van der Waals surface area contributed by atoms with E-state index in [9.17, 15) is 9.90 Å². The normalized spacial score (nSPS) is 20.2. The Labute approximate surface area is 171 Å². The Morgan fingerprint density at radius 2 is 2.00 bits per heavy atom. The predicted molar refractivity (Wildman–Crippen MR) is 114 cm³/mol. The molecule has 2 aliphatic heterocycles. The molecule has 8 heteroatoms. The second kappa shape index (κ2) is 7.44. The molecule has 1 saturated heterocycles. The average Bonchev–Trinajstić information content (AvgIpc) is 3.17. The lowest BCUT2D eigenvalue weighted by atomic mass is 10.3. The van der Waals surface area contributed by atoms with Crippen LogP contribution in [0, 0.1) is 0 Å². The number of carbonyl (C=O) groups excluding carboxylic acids is 1. The first-order valence-electron chi connectivity index (χ1n) is 8.73. The topological polar surface area (TPSA) is 65.4 Å². The van der Waals surface area contributed by atoms with Crippen molar-refractivity contribution in [2.24, 2.45) is 4.99 Å². The van der Waals surface area contributed by atoms with Gasteiger partial charge in [0, 0.05) is 30.6 Å². The molecule has 6 nitrogen and oxygen atoms in total. The summed E-state index contributed by atoms with van der Waals surface area (Å²) in [7, 11) is 3.60. The molecule has 2 aromatic rings. The van der Waals surface area contributed by atoms with Crippen LogP contribution in [0.1, 0.15) is 6.92 Å². The van der Waals surface area contributed by atoms with Gasteiger partial charge in [-0.1, -0.05) is 17.8 Å². The van der Waals surface area contributed by atoms with Gasteiger partial charge in [0.15, 0.2) is 5.17 Å². The molecule has 144 valence electrons. The maximum Gasteiger partial charge on any atom is 0.269 e. The molecule has 2 aliphatic rings. The van der Waals surface area contributed by atoms with Crippen molar-refractivity contribution in [3.05, 3.63) is 52.4 Å². The molecule has 2 aromatic carbocycles. The molecule has 2 heterocycles. The largest absolute Gasteiger partial charge is 0.508 e. The molecule has 0 aromatic heterocycles. The summed E-state index contributed by atoms with van der Waals surface area (Å²) in [6.45, 7) is 2.45. The highest BCUT2D eigenvalue weighted by molar-refractivity contribution is 8.19. The molecule has 0 bridgehead atoms. The summed E-state index contributed by atoms with van der Waals surface area (Å²) in [6.07, 6.45) is 0. The third-order valence-corrected chi connectivity index (χ3v) is 6.90. The molecule has 0 atom stereocenters. The zero-order valence-electron chi connectivity index (χ0n) is 15.7. The van der Waals surface area contributed by atoms with Crippen molar-refractivity contribution >= 4 is 46.0 Å². The highest BCUT2D eigenvalue weighted by atomic mass is 32.2. The van der Waals surface area contributed by atoms with Crippen LogP contribution in [0.15, 0.2) is 62.3 Å². The Morgan fingerprint density at radius 1 is 1.18 bits per heavy atom. The van der Waals surface area contributed by atoms with E-state index in [-0.39, 0.29) is 11.7 Å². The zero-order chi connectivity index (χ0) is 19.8. The lowest BCUT2D eigenvalue weighted by molar-refractivity contribution is -0.122. The van der Waals surface area contributed by atoms with Crippen LogP contribution in [-0.4, -0.2) is 41.8 Å². The number of ether oxygens (including phenoxy) is 1. The number of amidine groups is 1. The van der Waals surface area contributed by atoms with Gasteiger partial charge in [-0.25, -0.2) is 4.99 Å². The van der Waals surface area contributed by atoms with Gasteiger partial charge in [0.05, 0.1) is 23.5 Å². The number of phenolic OH excluding ortho intramolecular Hbond substituents is 1. The van der Waals surface area contributed by atoms with Gasteiger partial charge in [0.1, 0.15) is 16.4 Å². The smallest absolute Gasteiger partial charge is 0.269 e. The number of likely N-dealkylation sites (N-methyl/N-ethyl adjacent to an activating group) is 1. The fourth-order valence-corrected chi connectivity index (χ4v) is 5.41. The van der Waals surface area contributed by atoms with Gasteiger partial charge in [-0.15, -0.1) is 0 Å². The predicted octanol–water partition coefficient (Wildman–Crippen LogP) is 4.39. The maximum absolute atomic E-state index is 13.1.